The number of hydrogen-bond acceptors (Lipinski definition) is 4. The third-order valence-electron chi connectivity index (χ3n) is 3.56. The van der Waals surface area contributed by atoms with E-state index >= 15 is 0 Å². The van der Waals surface area contributed by atoms with Gasteiger partial charge in [0.1, 0.15) is 12.2 Å². The summed E-state index contributed by atoms with van der Waals surface area (Å²) in [4.78, 5) is 25.1. The average Bonchev–Trinajstić information content (AvgIpc) is 2.80. The summed E-state index contributed by atoms with van der Waals surface area (Å²) in [6, 6.07) is 8.80. The molecule has 1 N–H and O–H groups in total. The maximum Gasteiger partial charge on any atom is 0.417 e. The lowest BCUT2D eigenvalue weighted by atomic mass is 10.0. The van der Waals surface area contributed by atoms with Gasteiger partial charge in [-0.2, -0.15) is 0 Å². The van der Waals surface area contributed by atoms with Crippen molar-refractivity contribution in [3.8, 4) is 0 Å². The fourth-order valence-corrected chi connectivity index (χ4v) is 2.41. The number of benzene rings is 1. The average molecular weight is 289 g/mol. The first-order valence-electron chi connectivity index (χ1n) is 6.94. The molecule has 1 aromatic carbocycles. The molecule has 1 aliphatic rings. The number of carbonyl (C=O) groups excluding carboxylic acids is 2. The molecule has 1 aliphatic heterocycles. The zero-order valence-corrected chi connectivity index (χ0v) is 11.9. The van der Waals surface area contributed by atoms with Gasteiger partial charge in [-0.15, -0.1) is 6.58 Å². The van der Waals surface area contributed by atoms with Gasteiger partial charge in [-0.25, -0.2) is 9.69 Å². The van der Waals surface area contributed by atoms with Crippen LogP contribution in [0.4, 0.5) is 4.79 Å². The van der Waals surface area contributed by atoms with E-state index in [1.807, 2.05) is 30.3 Å². The number of carbonyl (C=O) groups is 2. The Morgan fingerprint density at radius 3 is 2.76 bits per heavy atom. The Balaban J connectivity index is 2.13. The Labute approximate surface area is 123 Å². The predicted molar refractivity (Wildman–Crippen MR) is 77.4 cm³/mol. The normalized spacial score (nSPS) is 22.8. The fraction of sp³-hybridized carbons (Fsp3) is 0.375. The van der Waals surface area contributed by atoms with Gasteiger partial charge in [0.25, 0.3) is 5.91 Å². The van der Waals surface area contributed by atoms with Crippen molar-refractivity contribution in [2.24, 2.45) is 0 Å². The number of nitrogens with zero attached hydrogens (tertiary/aromatic N) is 1. The molecule has 112 valence electrons. The molecule has 1 heterocycles. The minimum atomic E-state index is -1.22. The van der Waals surface area contributed by atoms with Crippen LogP contribution in [0.15, 0.2) is 43.0 Å². The van der Waals surface area contributed by atoms with Crippen molar-refractivity contribution in [2.75, 3.05) is 0 Å². The van der Waals surface area contributed by atoms with E-state index in [9.17, 15) is 14.7 Å². The minimum Gasteiger partial charge on any atom is -0.439 e. The van der Waals surface area contributed by atoms with E-state index in [0.717, 1.165) is 10.5 Å². The summed E-state index contributed by atoms with van der Waals surface area (Å²) in [5.74, 6) is -0.618. The highest BCUT2D eigenvalue weighted by Gasteiger charge is 2.44. The molecular formula is C16H19NO4. The molecule has 5 heteroatoms. The molecule has 2 rings (SSSR count). The van der Waals surface area contributed by atoms with Crippen LogP contribution in [-0.4, -0.2) is 34.2 Å². The van der Waals surface area contributed by atoms with Crippen LogP contribution >= 0.6 is 0 Å². The maximum atomic E-state index is 12.2. The van der Waals surface area contributed by atoms with Crippen LogP contribution < -0.4 is 0 Å². The standard InChI is InChI=1S/C16H19NO4/c1-3-4-10-13(18)15(19)17-11(2)14(21-16(17)20)12-8-6-5-7-9-12/h3,5-9,11,13-14,18H,1,4,10H2,2H3/t11-,13-,14-/m1/s1. The third kappa shape index (κ3) is 3.13. The second-order valence-electron chi connectivity index (χ2n) is 5.05. The second kappa shape index (κ2) is 6.54. The first-order chi connectivity index (χ1) is 10.1. The third-order valence-corrected chi connectivity index (χ3v) is 3.56. The SMILES string of the molecule is C=CCC[C@@H](O)C(=O)N1C(=O)O[C@@H](c2ccccc2)[C@H]1C. The number of ether oxygens (including phenoxy) is 1. The molecule has 5 nitrogen and oxygen atoms in total. The van der Waals surface area contributed by atoms with Crippen LogP contribution in [-0.2, 0) is 9.53 Å². The summed E-state index contributed by atoms with van der Waals surface area (Å²) in [5.41, 5.74) is 0.828. The van der Waals surface area contributed by atoms with Gasteiger partial charge in [0.15, 0.2) is 0 Å². The molecule has 1 aromatic rings. The number of hydrogen-bond donors (Lipinski definition) is 1. The van der Waals surface area contributed by atoms with E-state index in [-0.39, 0.29) is 6.42 Å². The van der Waals surface area contributed by atoms with Crippen LogP contribution in [0.25, 0.3) is 0 Å². The molecule has 0 unspecified atom stereocenters. The molecule has 0 aliphatic carbocycles. The van der Waals surface area contributed by atoms with Crippen molar-refractivity contribution in [3.05, 3.63) is 48.6 Å². The van der Waals surface area contributed by atoms with Gasteiger partial charge in [0, 0.05) is 0 Å². The van der Waals surface area contributed by atoms with Crippen LogP contribution in [0, 0.1) is 0 Å². The Hall–Kier alpha value is -2.14. The summed E-state index contributed by atoms with van der Waals surface area (Å²) in [7, 11) is 0. The van der Waals surface area contributed by atoms with Crippen LogP contribution in [0.5, 0.6) is 0 Å². The van der Waals surface area contributed by atoms with E-state index in [0.29, 0.717) is 6.42 Å². The Kier molecular flexibility index (Phi) is 4.75. The zero-order chi connectivity index (χ0) is 15.4. The lowest BCUT2D eigenvalue weighted by Gasteiger charge is -2.21. The summed E-state index contributed by atoms with van der Waals surface area (Å²) < 4.78 is 5.28. The summed E-state index contributed by atoms with van der Waals surface area (Å²) in [6.07, 6.45) is -0.0587. The van der Waals surface area contributed by atoms with E-state index in [2.05, 4.69) is 6.58 Å². The van der Waals surface area contributed by atoms with E-state index < -0.39 is 30.3 Å². The van der Waals surface area contributed by atoms with Gasteiger partial charge >= 0.3 is 6.09 Å². The van der Waals surface area contributed by atoms with E-state index in [4.69, 9.17) is 4.74 Å². The van der Waals surface area contributed by atoms with Gasteiger partial charge in [0.05, 0.1) is 6.04 Å². The topological polar surface area (TPSA) is 66.8 Å². The first kappa shape index (κ1) is 15.3. The number of rotatable bonds is 5. The van der Waals surface area contributed by atoms with Crippen molar-refractivity contribution in [3.63, 3.8) is 0 Å². The van der Waals surface area contributed by atoms with Crippen LogP contribution in [0.1, 0.15) is 31.4 Å². The van der Waals surface area contributed by atoms with Crippen LogP contribution in [0.3, 0.4) is 0 Å². The number of aliphatic hydroxyl groups is 1. The van der Waals surface area contributed by atoms with Crippen LogP contribution in [0.2, 0.25) is 0 Å². The molecule has 0 bridgehead atoms. The van der Waals surface area contributed by atoms with Gasteiger partial charge in [0.2, 0.25) is 0 Å². The maximum absolute atomic E-state index is 12.2. The van der Waals surface area contributed by atoms with Crippen molar-refractivity contribution >= 4 is 12.0 Å². The molecule has 1 fully saturated rings. The van der Waals surface area contributed by atoms with Gasteiger partial charge in [-0.3, -0.25) is 4.79 Å². The molecular weight excluding hydrogens is 270 g/mol. The predicted octanol–water partition coefficient (Wildman–Crippen LogP) is 2.42. The van der Waals surface area contributed by atoms with E-state index in [1.165, 1.54) is 0 Å². The number of amides is 2. The monoisotopic (exact) mass is 289 g/mol. The van der Waals surface area contributed by atoms with Gasteiger partial charge < -0.3 is 9.84 Å². The molecule has 21 heavy (non-hydrogen) atoms. The van der Waals surface area contributed by atoms with Crippen molar-refractivity contribution in [2.45, 2.75) is 38.0 Å². The summed E-state index contributed by atoms with van der Waals surface area (Å²) in [5, 5.41) is 9.85. The molecule has 0 saturated carbocycles. The Morgan fingerprint density at radius 2 is 2.14 bits per heavy atom. The van der Waals surface area contributed by atoms with E-state index in [1.54, 1.807) is 13.0 Å². The Morgan fingerprint density at radius 1 is 1.48 bits per heavy atom. The van der Waals surface area contributed by atoms with Crippen molar-refractivity contribution < 1.29 is 19.4 Å². The lowest BCUT2D eigenvalue weighted by molar-refractivity contribution is -0.138. The highest BCUT2D eigenvalue weighted by Crippen LogP contribution is 2.32. The van der Waals surface area contributed by atoms with Crippen molar-refractivity contribution in [1.29, 1.82) is 0 Å². The number of imide groups is 1. The van der Waals surface area contributed by atoms with Gasteiger partial charge in [-0.05, 0) is 25.3 Å². The molecule has 1 saturated heterocycles. The number of allylic oxidation sites excluding steroid dienone is 1. The summed E-state index contributed by atoms with van der Waals surface area (Å²) in [6.45, 7) is 5.28. The minimum absolute atomic E-state index is 0.245. The lowest BCUT2D eigenvalue weighted by Crippen LogP contribution is -2.43. The molecule has 0 aromatic heterocycles. The summed E-state index contributed by atoms with van der Waals surface area (Å²) >= 11 is 0. The van der Waals surface area contributed by atoms with Gasteiger partial charge in [-0.1, -0.05) is 36.4 Å². The number of aliphatic hydroxyl groups excluding tert-OH is 1. The fourth-order valence-electron chi connectivity index (χ4n) is 2.41. The smallest absolute Gasteiger partial charge is 0.417 e. The zero-order valence-electron chi connectivity index (χ0n) is 11.9. The molecule has 2 amide bonds. The quantitative estimate of drug-likeness (QED) is 0.845. The Bertz CT molecular complexity index is 528. The highest BCUT2D eigenvalue weighted by molar-refractivity contribution is 5.96. The first-order valence-corrected chi connectivity index (χ1v) is 6.94. The molecule has 3 atom stereocenters. The highest BCUT2D eigenvalue weighted by atomic mass is 16.6. The molecule has 0 spiro atoms. The van der Waals surface area contributed by atoms with Crippen molar-refractivity contribution in [1.82, 2.24) is 4.90 Å². The second-order valence-corrected chi connectivity index (χ2v) is 5.05. The number of cyclic esters (lactones) is 1. The molecule has 0 radical (unpaired) electrons. The largest absolute Gasteiger partial charge is 0.439 e.